The van der Waals surface area contributed by atoms with Gasteiger partial charge in [0.05, 0.1) is 0 Å². The monoisotopic (exact) mass is 335 g/mol. The second-order valence-corrected chi connectivity index (χ2v) is 8.01. The van der Waals surface area contributed by atoms with E-state index in [4.69, 9.17) is 0 Å². The number of aliphatic imine (C=N–C) groups is 1. The Balaban J connectivity index is 1.83. The van der Waals surface area contributed by atoms with Gasteiger partial charge in [-0.3, -0.25) is 4.99 Å². The molecule has 2 heterocycles. The summed E-state index contributed by atoms with van der Waals surface area (Å²) in [6, 6.07) is 8.60. The van der Waals surface area contributed by atoms with E-state index in [0.717, 1.165) is 19.0 Å². The first-order valence-electron chi connectivity index (χ1n) is 7.55. The van der Waals surface area contributed by atoms with Gasteiger partial charge < -0.3 is 10.6 Å². The van der Waals surface area contributed by atoms with Crippen LogP contribution in [0.25, 0.3) is 0 Å². The van der Waals surface area contributed by atoms with Gasteiger partial charge in [0.25, 0.3) is 0 Å². The summed E-state index contributed by atoms with van der Waals surface area (Å²) in [5, 5.41) is 11.1. The lowest BCUT2D eigenvalue weighted by Gasteiger charge is -2.25. The van der Waals surface area contributed by atoms with Crippen LogP contribution in [0.15, 0.2) is 40.0 Å². The van der Waals surface area contributed by atoms with E-state index in [0.29, 0.717) is 5.92 Å². The van der Waals surface area contributed by atoms with Crippen molar-refractivity contribution in [1.82, 2.24) is 10.6 Å². The molecule has 0 aromatic carbocycles. The molecule has 1 atom stereocenters. The maximum atomic E-state index is 4.33. The van der Waals surface area contributed by atoms with E-state index in [-0.39, 0.29) is 5.41 Å². The fourth-order valence-corrected chi connectivity index (χ4v) is 3.84. The van der Waals surface area contributed by atoms with Crippen LogP contribution in [0.1, 0.15) is 36.4 Å². The Morgan fingerprint density at radius 1 is 1.18 bits per heavy atom. The maximum absolute atomic E-state index is 4.33. The van der Waals surface area contributed by atoms with Gasteiger partial charge in [0, 0.05) is 41.2 Å². The highest BCUT2D eigenvalue weighted by atomic mass is 32.1. The summed E-state index contributed by atoms with van der Waals surface area (Å²) in [6.07, 6.45) is 0. The van der Waals surface area contributed by atoms with Crippen LogP contribution in [0.2, 0.25) is 0 Å². The molecule has 0 aliphatic heterocycles. The van der Waals surface area contributed by atoms with Crippen molar-refractivity contribution in [3.05, 3.63) is 44.8 Å². The standard InChI is InChI=1S/C17H25N3S2/c1-13(14-7-5-9-21-14)11-19-16(18-4)20-12-17(2,3)15-8-6-10-22-15/h5-10,13H,11-12H2,1-4H3,(H2,18,19,20). The Labute approximate surface area is 141 Å². The fourth-order valence-electron chi connectivity index (χ4n) is 2.20. The average molecular weight is 336 g/mol. The molecule has 2 N–H and O–H groups in total. The van der Waals surface area contributed by atoms with Crippen LogP contribution in [0.4, 0.5) is 0 Å². The number of thiophene rings is 2. The molecule has 0 saturated heterocycles. The molecular formula is C17H25N3S2. The third-order valence-electron chi connectivity index (χ3n) is 3.71. The van der Waals surface area contributed by atoms with Gasteiger partial charge in [0.2, 0.25) is 0 Å². The van der Waals surface area contributed by atoms with Crippen molar-refractivity contribution in [3.63, 3.8) is 0 Å². The Morgan fingerprint density at radius 3 is 2.50 bits per heavy atom. The highest BCUT2D eigenvalue weighted by Crippen LogP contribution is 2.26. The predicted molar refractivity (Wildman–Crippen MR) is 99.4 cm³/mol. The van der Waals surface area contributed by atoms with Crippen LogP contribution in [-0.4, -0.2) is 26.1 Å². The summed E-state index contributed by atoms with van der Waals surface area (Å²) in [5.41, 5.74) is 0.102. The van der Waals surface area contributed by atoms with Gasteiger partial charge in [-0.05, 0) is 22.9 Å². The number of nitrogens with zero attached hydrogens (tertiary/aromatic N) is 1. The van der Waals surface area contributed by atoms with Gasteiger partial charge >= 0.3 is 0 Å². The molecule has 1 unspecified atom stereocenters. The van der Waals surface area contributed by atoms with E-state index < -0.39 is 0 Å². The lowest BCUT2D eigenvalue weighted by atomic mass is 9.91. The minimum Gasteiger partial charge on any atom is -0.356 e. The summed E-state index contributed by atoms with van der Waals surface area (Å²) in [6.45, 7) is 8.50. The fraction of sp³-hybridized carbons (Fsp3) is 0.471. The van der Waals surface area contributed by atoms with Crippen molar-refractivity contribution in [2.75, 3.05) is 20.1 Å². The zero-order valence-electron chi connectivity index (χ0n) is 13.7. The molecule has 5 heteroatoms. The lowest BCUT2D eigenvalue weighted by Crippen LogP contribution is -2.44. The predicted octanol–water partition coefficient (Wildman–Crippen LogP) is 4.06. The molecule has 2 rings (SSSR count). The van der Waals surface area contributed by atoms with Crippen molar-refractivity contribution >= 4 is 28.6 Å². The van der Waals surface area contributed by atoms with Crippen molar-refractivity contribution in [2.24, 2.45) is 4.99 Å². The van der Waals surface area contributed by atoms with Gasteiger partial charge in [-0.2, -0.15) is 0 Å². The van der Waals surface area contributed by atoms with Crippen LogP contribution in [-0.2, 0) is 5.41 Å². The van der Waals surface area contributed by atoms with Crippen LogP contribution >= 0.6 is 22.7 Å². The number of hydrogen-bond acceptors (Lipinski definition) is 3. The zero-order valence-corrected chi connectivity index (χ0v) is 15.4. The molecule has 0 bridgehead atoms. The first kappa shape index (κ1) is 17.0. The second-order valence-electron chi connectivity index (χ2n) is 6.08. The van der Waals surface area contributed by atoms with E-state index in [1.54, 1.807) is 11.3 Å². The number of hydrogen-bond donors (Lipinski definition) is 2. The van der Waals surface area contributed by atoms with E-state index in [1.807, 2.05) is 18.4 Å². The summed E-state index contributed by atoms with van der Waals surface area (Å²) in [4.78, 5) is 7.12. The molecule has 120 valence electrons. The molecule has 0 spiro atoms. The third kappa shape index (κ3) is 4.58. The van der Waals surface area contributed by atoms with Gasteiger partial charge in [-0.15, -0.1) is 22.7 Å². The summed E-state index contributed by atoms with van der Waals surface area (Å²) in [5.74, 6) is 1.36. The van der Waals surface area contributed by atoms with Crippen LogP contribution < -0.4 is 10.6 Å². The normalized spacial score (nSPS) is 13.9. The molecule has 0 aliphatic carbocycles. The first-order valence-corrected chi connectivity index (χ1v) is 9.31. The number of rotatable bonds is 6. The molecule has 0 aliphatic rings. The highest BCUT2D eigenvalue weighted by molar-refractivity contribution is 7.10. The van der Waals surface area contributed by atoms with Crippen LogP contribution in [0.3, 0.4) is 0 Å². The molecule has 0 fully saturated rings. The Kier molecular flexibility index (Phi) is 6.03. The van der Waals surface area contributed by atoms with Crippen LogP contribution in [0.5, 0.6) is 0 Å². The van der Waals surface area contributed by atoms with E-state index >= 15 is 0 Å². The largest absolute Gasteiger partial charge is 0.356 e. The zero-order chi connectivity index (χ0) is 16.0. The Morgan fingerprint density at radius 2 is 1.91 bits per heavy atom. The van der Waals surface area contributed by atoms with Gasteiger partial charge in [0.15, 0.2) is 5.96 Å². The molecule has 3 nitrogen and oxygen atoms in total. The number of nitrogens with one attached hydrogen (secondary N) is 2. The Bertz CT molecular complexity index is 571. The van der Waals surface area contributed by atoms with E-state index in [2.05, 4.69) is 71.4 Å². The second kappa shape index (κ2) is 7.79. The van der Waals surface area contributed by atoms with Crippen molar-refractivity contribution in [1.29, 1.82) is 0 Å². The Hall–Kier alpha value is -1.33. The topological polar surface area (TPSA) is 36.4 Å². The molecule has 0 radical (unpaired) electrons. The molecule has 0 saturated carbocycles. The maximum Gasteiger partial charge on any atom is 0.191 e. The quantitative estimate of drug-likeness (QED) is 0.617. The van der Waals surface area contributed by atoms with Gasteiger partial charge in [-0.25, -0.2) is 0 Å². The minimum atomic E-state index is 0.102. The lowest BCUT2D eigenvalue weighted by molar-refractivity contribution is 0.517. The molecule has 2 aromatic rings. The molecule has 22 heavy (non-hydrogen) atoms. The summed E-state index contributed by atoms with van der Waals surface area (Å²) in [7, 11) is 1.82. The molecule has 2 aromatic heterocycles. The van der Waals surface area contributed by atoms with Crippen LogP contribution in [0, 0.1) is 0 Å². The minimum absolute atomic E-state index is 0.102. The van der Waals surface area contributed by atoms with E-state index in [1.165, 1.54) is 9.75 Å². The van der Waals surface area contributed by atoms with Crippen molar-refractivity contribution in [3.8, 4) is 0 Å². The summed E-state index contributed by atoms with van der Waals surface area (Å²) < 4.78 is 0. The summed E-state index contributed by atoms with van der Waals surface area (Å²) >= 11 is 3.61. The number of guanidine groups is 1. The first-order chi connectivity index (χ1) is 10.5. The average Bonchev–Trinajstić information content (AvgIpc) is 3.20. The molecule has 0 amide bonds. The highest BCUT2D eigenvalue weighted by Gasteiger charge is 2.22. The van der Waals surface area contributed by atoms with Crippen molar-refractivity contribution < 1.29 is 0 Å². The molecular weight excluding hydrogens is 310 g/mol. The SMILES string of the molecule is CN=C(NCC(C)c1cccs1)NCC(C)(C)c1cccs1. The smallest absolute Gasteiger partial charge is 0.191 e. The van der Waals surface area contributed by atoms with Gasteiger partial charge in [-0.1, -0.05) is 32.9 Å². The van der Waals surface area contributed by atoms with Gasteiger partial charge in [0.1, 0.15) is 0 Å². The van der Waals surface area contributed by atoms with E-state index in [9.17, 15) is 0 Å². The van der Waals surface area contributed by atoms with Crippen molar-refractivity contribution in [2.45, 2.75) is 32.1 Å². The third-order valence-corrected chi connectivity index (χ3v) is 6.05.